The highest BCUT2D eigenvalue weighted by atomic mass is 16.5. The number of ketones is 1. The second-order valence-corrected chi connectivity index (χ2v) is 8.04. The summed E-state index contributed by atoms with van der Waals surface area (Å²) in [6, 6.07) is 11.3. The molecule has 3 aromatic rings. The molecular formula is C26H24N2O5. The van der Waals surface area contributed by atoms with E-state index in [1.807, 2.05) is 37.3 Å². The summed E-state index contributed by atoms with van der Waals surface area (Å²) < 4.78 is 22.7. The fourth-order valence-electron chi connectivity index (χ4n) is 4.24. The number of fused-ring (bicyclic) bond motifs is 2. The highest BCUT2D eigenvalue weighted by Gasteiger charge is 2.33. The summed E-state index contributed by atoms with van der Waals surface area (Å²) in [5.41, 5.74) is 4.33. The van der Waals surface area contributed by atoms with Crippen LogP contribution in [0.5, 0.6) is 23.0 Å². The molecule has 0 saturated carbocycles. The van der Waals surface area contributed by atoms with Gasteiger partial charge in [-0.3, -0.25) is 14.7 Å². The van der Waals surface area contributed by atoms with E-state index in [2.05, 4.69) is 9.88 Å². The monoisotopic (exact) mass is 444 g/mol. The molecule has 1 aromatic heterocycles. The minimum Gasteiger partial charge on any atom is -0.493 e. The van der Waals surface area contributed by atoms with Crippen molar-refractivity contribution in [1.82, 2.24) is 9.88 Å². The molecule has 0 fully saturated rings. The Balaban J connectivity index is 1.42. The predicted molar refractivity (Wildman–Crippen MR) is 123 cm³/mol. The maximum atomic E-state index is 13.2. The third kappa shape index (κ3) is 3.91. The fraction of sp³-hybridized carbons (Fsp3) is 0.231. The SMILES string of the molecule is COc1ccc(/C=C2\Oc3c(cc4c(c3C)OCN(Cc3ccncc3)C4)C2=O)cc1OC. The zero-order valence-corrected chi connectivity index (χ0v) is 18.8. The summed E-state index contributed by atoms with van der Waals surface area (Å²) in [6.07, 6.45) is 5.29. The molecule has 2 aliphatic rings. The van der Waals surface area contributed by atoms with E-state index < -0.39 is 0 Å². The fourth-order valence-corrected chi connectivity index (χ4v) is 4.24. The van der Waals surface area contributed by atoms with E-state index in [-0.39, 0.29) is 11.5 Å². The van der Waals surface area contributed by atoms with E-state index in [0.29, 0.717) is 36.1 Å². The molecule has 0 unspecified atom stereocenters. The Kier molecular flexibility index (Phi) is 5.48. The van der Waals surface area contributed by atoms with Crippen molar-refractivity contribution in [3.8, 4) is 23.0 Å². The Labute approximate surface area is 192 Å². The smallest absolute Gasteiger partial charge is 0.231 e. The summed E-state index contributed by atoms with van der Waals surface area (Å²) in [6.45, 7) is 3.83. The Morgan fingerprint density at radius 3 is 2.61 bits per heavy atom. The first-order chi connectivity index (χ1) is 16.1. The number of benzene rings is 2. The van der Waals surface area contributed by atoms with Crippen LogP contribution in [0.1, 0.15) is 32.6 Å². The van der Waals surface area contributed by atoms with E-state index >= 15 is 0 Å². The van der Waals surface area contributed by atoms with Gasteiger partial charge < -0.3 is 18.9 Å². The summed E-state index contributed by atoms with van der Waals surface area (Å²) in [4.78, 5) is 19.4. The second kappa shape index (κ2) is 8.60. The summed E-state index contributed by atoms with van der Waals surface area (Å²) in [5.74, 6) is 2.70. The lowest BCUT2D eigenvalue weighted by atomic mass is 10.00. The lowest BCUT2D eigenvalue weighted by molar-refractivity contribution is 0.0876. The van der Waals surface area contributed by atoms with Gasteiger partial charge in [0.1, 0.15) is 18.2 Å². The predicted octanol–water partition coefficient (Wildman–Crippen LogP) is 4.38. The minimum absolute atomic E-state index is 0.142. The van der Waals surface area contributed by atoms with Gasteiger partial charge in [0.2, 0.25) is 5.78 Å². The van der Waals surface area contributed by atoms with Crippen molar-refractivity contribution in [2.75, 3.05) is 21.0 Å². The van der Waals surface area contributed by atoms with Gasteiger partial charge in [-0.05, 0) is 54.5 Å². The number of hydrogen-bond donors (Lipinski definition) is 0. The molecule has 0 aliphatic carbocycles. The number of methoxy groups -OCH3 is 2. The van der Waals surface area contributed by atoms with Gasteiger partial charge in [-0.25, -0.2) is 0 Å². The van der Waals surface area contributed by atoms with Gasteiger partial charge in [0, 0.05) is 36.6 Å². The molecule has 168 valence electrons. The van der Waals surface area contributed by atoms with Crippen LogP contribution in [0.4, 0.5) is 0 Å². The number of rotatable bonds is 5. The largest absolute Gasteiger partial charge is 0.493 e. The van der Waals surface area contributed by atoms with Gasteiger partial charge in [0.25, 0.3) is 0 Å². The van der Waals surface area contributed by atoms with Gasteiger partial charge in [0.05, 0.1) is 19.8 Å². The van der Waals surface area contributed by atoms with E-state index in [1.54, 1.807) is 38.8 Å². The van der Waals surface area contributed by atoms with E-state index in [0.717, 1.165) is 34.5 Å². The molecule has 0 N–H and O–H groups in total. The number of allylic oxidation sites excluding steroid dienone is 1. The van der Waals surface area contributed by atoms with Crippen LogP contribution in [0.2, 0.25) is 0 Å². The quantitative estimate of drug-likeness (QED) is 0.541. The number of hydrogen-bond acceptors (Lipinski definition) is 7. The van der Waals surface area contributed by atoms with Gasteiger partial charge in [-0.15, -0.1) is 0 Å². The standard InChI is InChI=1S/C26H24N2O5/c1-16-25-19(14-28(15-32-25)13-17-6-8-27-9-7-17)12-20-24(29)23(33-26(16)20)11-18-4-5-21(30-2)22(10-18)31-3/h4-12H,13-15H2,1-3H3/b23-11-. The van der Waals surface area contributed by atoms with Crippen LogP contribution in [-0.4, -0.2) is 36.6 Å². The van der Waals surface area contributed by atoms with Crippen LogP contribution in [0.25, 0.3) is 6.08 Å². The molecule has 0 spiro atoms. The zero-order valence-electron chi connectivity index (χ0n) is 18.8. The molecule has 33 heavy (non-hydrogen) atoms. The number of ether oxygens (including phenoxy) is 4. The maximum absolute atomic E-state index is 13.2. The van der Waals surface area contributed by atoms with E-state index in [1.165, 1.54) is 0 Å². The highest BCUT2D eigenvalue weighted by Crippen LogP contribution is 2.43. The summed E-state index contributed by atoms with van der Waals surface area (Å²) in [5, 5.41) is 0. The van der Waals surface area contributed by atoms with Crippen LogP contribution in [0.15, 0.2) is 54.6 Å². The number of aromatic nitrogens is 1. The van der Waals surface area contributed by atoms with Crippen molar-refractivity contribution < 1.29 is 23.7 Å². The number of carbonyl (C=O) groups is 1. The van der Waals surface area contributed by atoms with Crippen molar-refractivity contribution in [3.63, 3.8) is 0 Å². The van der Waals surface area contributed by atoms with Crippen LogP contribution < -0.4 is 18.9 Å². The second-order valence-electron chi connectivity index (χ2n) is 8.04. The molecule has 7 nitrogen and oxygen atoms in total. The average Bonchev–Trinajstić information content (AvgIpc) is 3.15. The summed E-state index contributed by atoms with van der Waals surface area (Å²) >= 11 is 0. The Morgan fingerprint density at radius 1 is 1.06 bits per heavy atom. The van der Waals surface area contributed by atoms with E-state index in [9.17, 15) is 4.79 Å². The molecule has 5 rings (SSSR count). The lowest BCUT2D eigenvalue weighted by Crippen LogP contribution is -2.32. The van der Waals surface area contributed by atoms with Crippen molar-refractivity contribution >= 4 is 11.9 Å². The molecule has 0 bridgehead atoms. The number of carbonyl (C=O) groups excluding carboxylic acids is 1. The van der Waals surface area contributed by atoms with Gasteiger partial charge >= 0.3 is 0 Å². The Morgan fingerprint density at radius 2 is 1.85 bits per heavy atom. The third-order valence-corrected chi connectivity index (χ3v) is 5.86. The molecule has 0 radical (unpaired) electrons. The molecule has 0 saturated heterocycles. The zero-order chi connectivity index (χ0) is 22.9. The van der Waals surface area contributed by atoms with Crippen molar-refractivity contribution in [3.05, 3.63) is 82.4 Å². The van der Waals surface area contributed by atoms with E-state index in [4.69, 9.17) is 18.9 Å². The molecular weight excluding hydrogens is 420 g/mol. The van der Waals surface area contributed by atoms with Crippen molar-refractivity contribution in [2.45, 2.75) is 20.0 Å². The first-order valence-corrected chi connectivity index (χ1v) is 10.6. The normalized spacial score (nSPS) is 16.1. The minimum atomic E-state index is -0.142. The first-order valence-electron chi connectivity index (χ1n) is 10.6. The maximum Gasteiger partial charge on any atom is 0.231 e. The highest BCUT2D eigenvalue weighted by molar-refractivity contribution is 6.15. The van der Waals surface area contributed by atoms with Crippen molar-refractivity contribution in [2.24, 2.45) is 0 Å². The molecule has 2 aromatic carbocycles. The average molecular weight is 444 g/mol. The number of nitrogens with zero attached hydrogens (tertiary/aromatic N) is 2. The van der Waals surface area contributed by atoms with Gasteiger partial charge in [0.15, 0.2) is 17.3 Å². The molecule has 0 amide bonds. The van der Waals surface area contributed by atoms with Crippen LogP contribution >= 0.6 is 0 Å². The number of pyridine rings is 1. The van der Waals surface area contributed by atoms with Crippen LogP contribution in [-0.2, 0) is 13.1 Å². The third-order valence-electron chi connectivity index (χ3n) is 5.86. The van der Waals surface area contributed by atoms with Gasteiger partial charge in [-0.2, -0.15) is 0 Å². The van der Waals surface area contributed by atoms with Gasteiger partial charge in [-0.1, -0.05) is 6.07 Å². The topological polar surface area (TPSA) is 70.1 Å². The van der Waals surface area contributed by atoms with Crippen LogP contribution in [0, 0.1) is 6.92 Å². The summed E-state index contributed by atoms with van der Waals surface area (Å²) in [7, 11) is 3.16. The Hall–Kier alpha value is -3.84. The van der Waals surface area contributed by atoms with Crippen molar-refractivity contribution in [1.29, 1.82) is 0 Å². The molecule has 7 heteroatoms. The lowest BCUT2D eigenvalue weighted by Gasteiger charge is -2.30. The van der Waals surface area contributed by atoms with Crippen LogP contribution in [0.3, 0.4) is 0 Å². The molecule has 2 aliphatic heterocycles. The number of Topliss-reactive ketones (excluding diaryl/α,β-unsaturated/α-hetero) is 1. The first kappa shape index (κ1) is 21.0. The molecule has 0 atom stereocenters. The molecule has 3 heterocycles. The Bertz CT molecular complexity index is 1250.